The second-order valence-corrected chi connectivity index (χ2v) is 5.01. The normalized spacial score (nSPS) is 12.6. The van der Waals surface area contributed by atoms with E-state index in [0.29, 0.717) is 29.7 Å². The van der Waals surface area contributed by atoms with Crippen LogP contribution in [-0.2, 0) is 6.42 Å². The molecular formula is C14H18ClN3O. The third-order valence-corrected chi connectivity index (χ3v) is 3.24. The molecule has 102 valence electrons. The first kappa shape index (κ1) is 14.0. The molecule has 0 bridgehead atoms. The first-order valence-corrected chi connectivity index (χ1v) is 6.87. The van der Waals surface area contributed by atoms with Crippen LogP contribution in [0.2, 0.25) is 5.02 Å². The zero-order valence-electron chi connectivity index (χ0n) is 11.0. The van der Waals surface area contributed by atoms with Gasteiger partial charge in [-0.25, -0.2) is 0 Å². The standard InChI is InChI=1S/C14H18ClN3O/c1-2-4-11(9-16)14-17-13(18-19-14)8-10-5-3-6-12(15)7-10/h3,5-7,11H,2,4,8-9,16H2,1H3. The van der Waals surface area contributed by atoms with E-state index in [-0.39, 0.29) is 5.92 Å². The van der Waals surface area contributed by atoms with Crippen LogP contribution in [0, 0.1) is 0 Å². The molecule has 2 rings (SSSR count). The van der Waals surface area contributed by atoms with Gasteiger partial charge in [-0.3, -0.25) is 0 Å². The summed E-state index contributed by atoms with van der Waals surface area (Å²) in [6.07, 6.45) is 2.64. The predicted molar refractivity (Wildman–Crippen MR) is 75.3 cm³/mol. The maximum Gasteiger partial charge on any atom is 0.231 e. The summed E-state index contributed by atoms with van der Waals surface area (Å²) in [6.45, 7) is 2.65. The molecule has 0 aliphatic carbocycles. The van der Waals surface area contributed by atoms with Crippen LogP contribution in [0.4, 0.5) is 0 Å². The van der Waals surface area contributed by atoms with Gasteiger partial charge in [0.15, 0.2) is 5.82 Å². The maximum atomic E-state index is 5.95. The number of nitrogens with two attached hydrogens (primary N) is 1. The summed E-state index contributed by atoms with van der Waals surface area (Å²) in [5.74, 6) is 1.47. The van der Waals surface area contributed by atoms with Gasteiger partial charge in [-0.05, 0) is 24.1 Å². The minimum absolute atomic E-state index is 0.158. The molecule has 1 atom stereocenters. The van der Waals surface area contributed by atoms with Gasteiger partial charge in [-0.1, -0.05) is 42.2 Å². The second kappa shape index (κ2) is 6.68. The van der Waals surface area contributed by atoms with Gasteiger partial charge in [0.1, 0.15) is 0 Å². The summed E-state index contributed by atoms with van der Waals surface area (Å²) in [4.78, 5) is 4.42. The number of hydrogen-bond acceptors (Lipinski definition) is 4. The van der Waals surface area contributed by atoms with Crippen LogP contribution < -0.4 is 5.73 Å². The van der Waals surface area contributed by atoms with Crippen LogP contribution in [0.3, 0.4) is 0 Å². The summed E-state index contributed by atoms with van der Waals surface area (Å²) in [5, 5.41) is 4.72. The van der Waals surface area contributed by atoms with Crippen molar-refractivity contribution >= 4 is 11.6 Å². The van der Waals surface area contributed by atoms with Crippen LogP contribution in [0.5, 0.6) is 0 Å². The van der Waals surface area contributed by atoms with E-state index in [1.54, 1.807) is 0 Å². The number of nitrogens with zero attached hydrogens (tertiary/aromatic N) is 2. The van der Waals surface area contributed by atoms with E-state index in [1.807, 2.05) is 24.3 Å². The first-order chi connectivity index (χ1) is 9.22. The zero-order valence-corrected chi connectivity index (χ0v) is 11.7. The molecule has 2 aromatic rings. The zero-order chi connectivity index (χ0) is 13.7. The van der Waals surface area contributed by atoms with Gasteiger partial charge >= 0.3 is 0 Å². The Hall–Kier alpha value is -1.39. The highest BCUT2D eigenvalue weighted by atomic mass is 35.5. The summed E-state index contributed by atoms with van der Waals surface area (Å²) in [6, 6.07) is 7.66. The average molecular weight is 280 g/mol. The number of benzene rings is 1. The second-order valence-electron chi connectivity index (χ2n) is 4.58. The SMILES string of the molecule is CCCC(CN)c1nc(Cc2cccc(Cl)c2)no1. The van der Waals surface area contributed by atoms with E-state index < -0.39 is 0 Å². The molecular weight excluding hydrogens is 262 g/mol. The van der Waals surface area contributed by atoms with E-state index >= 15 is 0 Å². The molecule has 1 heterocycles. The van der Waals surface area contributed by atoms with Gasteiger partial charge in [-0.15, -0.1) is 0 Å². The summed E-state index contributed by atoms with van der Waals surface area (Å²) >= 11 is 5.95. The molecule has 0 spiro atoms. The topological polar surface area (TPSA) is 64.9 Å². The molecule has 1 aromatic carbocycles. The Morgan fingerprint density at radius 1 is 1.42 bits per heavy atom. The lowest BCUT2D eigenvalue weighted by Crippen LogP contribution is -2.12. The third kappa shape index (κ3) is 3.78. The van der Waals surface area contributed by atoms with Crippen molar-refractivity contribution in [3.63, 3.8) is 0 Å². The van der Waals surface area contributed by atoms with Crippen LogP contribution in [-0.4, -0.2) is 16.7 Å². The Kier molecular flexibility index (Phi) is 4.93. The van der Waals surface area contributed by atoms with Gasteiger partial charge in [0.25, 0.3) is 0 Å². The highest BCUT2D eigenvalue weighted by molar-refractivity contribution is 6.30. The van der Waals surface area contributed by atoms with E-state index in [0.717, 1.165) is 18.4 Å². The lowest BCUT2D eigenvalue weighted by atomic mass is 10.0. The fourth-order valence-electron chi connectivity index (χ4n) is 2.03. The Labute approximate surface area is 118 Å². The van der Waals surface area contributed by atoms with E-state index in [9.17, 15) is 0 Å². The molecule has 1 unspecified atom stereocenters. The van der Waals surface area contributed by atoms with Gasteiger partial charge in [0.2, 0.25) is 5.89 Å². The Bertz CT molecular complexity index is 527. The van der Waals surface area contributed by atoms with Gasteiger partial charge < -0.3 is 10.3 Å². The molecule has 5 heteroatoms. The largest absolute Gasteiger partial charge is 0.339 e. The van der Waals surface area contributed by atoms with Crippen molar-refractivity contribution in [2.75, 3.05) is 6.54 Å². The Morgan fingerprint density at radius 2 is 2.26 bits per heavy atom. The molecule has 4 nitrogen and oxygen atoms in total. The molecule has 19 heavy (non-hydrogen) atoms. The van der Waals surface area contributed by atoms with E-state index in [4.69, 9.17) is 21.9 Å². The highest BCUT2D eigenvalue weighted by Gasteiger charge is 2.16. The van der Waals surface area contributed by atoms with Crippen molar-refractivity contribution in [3.05, 3.63) is 46.6 Å². The molecule has 0 amide bonds. The van der Waals surface area contributed by atoms with Crippen molar-refractivity contribution in [2.45, 2.75) is 32.1 Å². The summed E-state index contributed by atoms with van der Waals surface area (Å²) < 4.78 is 5.30. The lowest BCUT2D eigenvalue weighted by Gasteiger charge is -2.06. The van der Waals surface area contributed by atoms with Gasteiger partial charge in [0.05, 0.1) is 5.92 Å². The molecule has 1 aromatic heterocycles. The van der Waals surface area contributed by atoms with Crippen molar-refractivity contribution in [2.24, 2.45) is 5.73 Å². The van der Waals surface area contributed by atoms with Crippen LogP contribution in [0.1, 0.15) is 43.0 Å². The van der Waals surface area contributed by atoms with Crippen LogP contribution >= 0.6 is 11.6 Å². The molecule has 2 N–H and O–H groups in total. The summed E-state index contributed by atoms with van der Waals surface area (Å²) in [5.41, 5.74) is 6.80. The smallest absolute Gasteiger partial charge is 0.231 e. The Balaban J connectivity index is 2.08. The van der Waals surface area contributed by atoms with E-state index in [1.165, 1.54) is 0 Å². The number of aromatic nitrogens is 2. The fourth-order valence-corrected chi connectivity index (χ4v) is 2.24. The summed E-state index contributed by atoms with van der Waals surface area (Å²) in [7, 11) is 0. The van der Waals surface area contributed by atoms with Crippen molar-refractivity contribution < 1.29 is 4.52 Å². The molecule has 0 aliphatic rings. The Morgan fingerprint density at radius 3 is 2.95 bits per heavy atom. The van der Waals surface area contributed by atoms with Gasteiger partial charge in [-0.2, -0.15) is 4.98 Å². The minimum Gasteiger partial charge on any atom is -0.339 e. The number of rotatable bonds is 6. The molecule has 0 saturated carbocycles. The number of halogens is 1. The quantitative estimate of drug-likeness (QED) is 0.882. The van der Waals surface area contributed by atoms with E-state index in [2.05, 4.69) is 17.1 Å². The minimum atomic E-state index is 0.158. The maximum absolute atomic E-state index is 5.95. The van der Waals surface area contributed by atoms with Crippen LogP contribution in [0.25, 0.3) is 0 Å². The molecule has 0 fully saturated rings. The average Bonchev–Trinajstić information content (AvgIpc) is 2.84. The van der Waals surface area contributed by atoms with Crippen LogP contribution in [0.15, 0.2) is 28.8 Å². The monoisotopic (exact) mass is 279 g/mol. The van der Waals surface area contributed by atoms with Gasteiger partial charge in [0, 0.05) is 18.0 Å². The van der Waals surface area contributed by atoms with Crippen molar-refractivity contribution in [3.8, 4) is 0 Å². The molecule has 0 aliphatic heterocycles. The van der Waals surface area contributed by atoms with Crippen molar-refractivity contribution in [1.29, 1.82) is 0 Å². The lowest BCUT2D eigenvalue weighted by molar-refractivity contribution is 0.344. The van der Waals surface area contributed by atoms with Crippen molar-refractivity contribution in [1.82, 2.24) is 10.1 Å². The highest BCUT2D eigenvalue weighted by Crippen LogP contribution is 2.19. The molecule has 0 saturated heterocycles. The first-order valence-electron chi connectivity index (χ1n) is 6.50. The third-order valence-electron chi connectivity index (χ3n) is 3.01. The fraction of sp³-hybridized carbons (Fsp3) is 0.429. The predicted octanol–water partition coefficient (Wildman–Crippen LogP) is 3.16. The molecule has 0 radical (unpaired) electrons. The number of hydrogen-bond donors (Lipinski definition) is 1.